The number of rotatable bonds is 12. The number of carbonyl (C=O) groups is 3. The molecule has 0 saturated carbocycles. The Hall–Kier alpha value is -4.62. The van der Waals surface area contributed by atoms with Gasteiger partial charge in [0.25, 0.3) is 11.8 Å². The van der Waals surface area contributed by atoms with Gasteiger partial charge in [0.2, 0.25) is 0 Å². The highest BCUT2D eigenvalue weighted by atomic mass is 35.5. The second-order valence-corrected chi connectivity index (χ2v) is 14.2. The second-order valence-electron chi connectivity index (χ2n) is 13.5. The maximum Gasteiger partial charge on any atom is 0.410 e. The third kappa shape index (κ3) is 12.8. The van der Waals surface area contributed by atoms with E-state index in [1.165, 1.54) is 6.20 Å². The van der Waals surface area contributed by atoms with E-state index in [0.717, 1.165) is 24.9 Å². The third-order valence-electron chi connectivity index (χ3n) is 8.32. The molecule has 2 saturated heterocycles. The maximum absolute atomic E-state index is 12.2. The zero-order valence-electron chi connectivity index (χ0n) is 30.3. The van der Waals surface area contributed by atoms with E-state index in [1.807, 2.05) is 51.1 Å². The highest BCUT2D eigenvalue weighted by molar-refractivity contribution is 6.30. The Morgan fingerprint density at radius 3 is 1.69 bits per heavy atom. The first-order chi connectivity index (χ1) is 25.4. The third-order valence-corrected chi connectivity index (χ3v) is 9.00. The van der Waals surface area contributed by atoms with Gasteiger partial charge in [0.15, 0.2) is 0 Å². The Kier molecular flexibility index (Phi) is 15.7. The van der Waals surface area contributed by atoms with Gasteiger partial charge in [-0.3, -0.25) is 9.59 Å². The molecule has 2 aromatic heterocycles. The first-order valence-corrected chi connectivity index (χ1v) is 18.1. The molecule has 0 bridgehead atoms. The number of ether oxygens (including phenoxy) is 3. The highest BCUT2D eigenvalue weighted by Gasteiger charge is 2.35. The van der Waals surface area contributed by atoms with E-state index in [4.69, 9.17) is 37.4 Å². The molecule has 0 unspecified atom stereocenters. The second kappa shape index (κ2) is 20.2. The van der Waals surface area contributed by atoms with Crippen LogP contribution in [0.5, 0.6) is 11.5 Å². The molecule has 6 rings (SSSR count). The van der Waals surface area contributed by atoms with Gasteiger partial charge in [-0.25, -0.2) is 14.8 Å². The van der Waals surface area contributed by atoms with Gasteiger partial charge in [-0.05, 0) is 76.6 Å². The molecule has 288 valence electrons. The van der Waals surface area contributed by atoms with Crippen LogP contribution >= 0.6 is 35.6 Å². The van der Waals surface area contributed by atoms with Crippen molar-refractivity contribution in [2.45, 2.75) is 64.4 Å². The van der Waals surface area contributed by atoms with E-state index in [-0.39, 0.29) is 42.9 Å². The minimum Gasteiger partial charge on any atom is -0.490 e. The molecule has 3 amide bonds. The lowest BCUT2D eigenvalue weighted by molar-refractivity contribution is -0.0141. The topological polar surface area (TPSA) is 144 Å². The van der Waals surface area contributed by atoms with Crippen LogP contribution in [0.1, 0.15) is 65.5 Å². The quantitative estimate of drug-likeness (QED) is 0.131. The molecular weight excluding hydrogens is 755 g/mol. The Balaban J connectivity index is 0.000000244. The average Bonchev–Trinajstić information content (AvgIpc) is 3.10. The maximum atomic E-state index is 12.2. The SMILES string of the molecule is CC(C)(C)OC(=O)N1CC[C@H]1COc1cnc(Cl)c(CNC(=O)c2ccccc2)c1.Cl.O=C(NCc1cc(OC[C@@H]2CCN2)cnc1Cl)c1ccccc1. The lowest BCUT2D eigenvalue weighted by Gasteiger charge is -2.41. The number of amides is 3. The number of carbonyl (C=O) groups excluding carboxylic acids is 3. The summed E-state index contributed by atoms with van der Waals surface area (Å²) in [4.78, 5) is 46.4. The minimum absolute atomic E-state index is 0. The molecule has 2 aromatic carbocycles. The monoisotopic (exact) mass is 798 g/mol. The summed E-state index contributed by atoms with van der Waals surface area (Å²) in [5.41, 5.74) is 2.03. The Labute approximate surface area is 331 Å². The number of hydrogen-bond donors (Lipinski definition) is 3. The summed E-state index contributed by atoms with van der Waals surface area (Å²) < 4.78 is 16.9. The summed E-state index contributed by atoms with van der Waals surface area (Å²) in [5.74, 6) is 0.846. The van der Waals surface area contributed by atoms with Gasteiger partial charge in [-0.15, -0.1) is 12.4 Å². The molecule has 54 heavy (non-hydrogen) atoms. The zero-order valence-corrected chi connectivity index (χ0v) is 32.7. The van der Waals surface area contributed by atoms with Crippen LogP contribution in [-0.2, 0) is 17.8 Å². The first kappa shape index (κ1) is 42.1. The van der Waals surface area contributed by atoms with Gasteiger partial charge in [-0.1, -0.05) is 59.6 Å². The van der Waals surface area contributed by atoms with Crippen LogP contribution in [0.3, 0.4) is 0 Å². The number of aromatic nitrogens is 2. The van der Waals surface area contributed by atoms with Crippen molar-refractivity contribution in [1.29, 1.82) is 0 Å². The first-order valence-electron chi connectivity index (χ1n) is 17.4. The van der Waals surface area contributed by atoms with E-state index in [1.54, 1.807) is 53.6 Å². The van der Waals surface area contributed by atoms with Crippen molar-refractivity contribution in [2.75, 3.05) is 26.3 Å². The fraction of sp³-hybridized carbons (Fsp3) is 0.359. The number of halogens is 3. The number of hydrogen-bond acceptors (Lipinski definition) is 9. The van der Waals surface area contributed by atoms with Gasteiger partial charge >= 0.3 is 6.09 Å². The molecule has 4 aromatic rings. The smallest absolute Gasteiger partial charge is 0.410 e. The standard InChI is InChI=1S/C22H26ClN3O4.C17H18ClN3O2.ClH/c1-22(2,3)30-21(28)26-10-9-17(26)14-29-18-11-16(19(23)24-13-18)12-25-20(27)15-7-5-4-6-8-15;18-16-13(9-21-17(22)12-4-2-1-3-5-12)8-15(10-20-16)23-11-14-6-7-19-14;/h4-8,11,13,17H,9-10,12,14H2,1-3H3,(H,25,27);1-5,8,10,14,19H,6-7,9,11H2,(H,21,22);1H/t17-;14-;/m00./s1. The fourth-order valence-corrected chi connectivity index (χ4v) is 5.48. The molecule has 2 aliphatic heterocycles. The molecule has 2 atom stereocenters. The Morgan fingerprint density at radius 1 is 0.796 bits per heavy atom. The van der Waals surface area contributed by atoms with E-state index in [0.29, 0.717) is 70.8 Å². The molecular formula is C39H45Cl3N6O6. The van der Waals surface area contributed by atoms with Crippen molar-refractivity contribution in [3.05, 3.63) is 118 Å². The summed E-state index contributed by atoms with van der Waals surface area (Å²) in [7, 11) is 0. The van der Waals surface area contributed by atoms with Gasteiger partial charge in [0, 0.05) is 47.9 Å². The van der Waals surface area contributed by atoms with Crippen LogP contribution in [0.2, 0.25) is 10.3 Å². The van der Waals surface area contributed by atoms with Crippen LogP contribution < -0.4 is 25.4 Å². The molecule has 0 radical (unpaired) electrons. The Bertz CT molecular complexity index is 1840. The van der Waals surface area contributed by atoms with Crippen molar-refractivity contribution in [3.8, 4) is 11.5 Å². The van der Waals surface area contributed by atoms with Gasteiger partial charge in [0.05, 0.1) is 18.4 Å². The number of benzene rings is 2. The van der Waals surface area contributed by atoms with Crippen LogP contribution in [-0.4, -0.2) is 76.8 Å². The van der Waals surface area contributed by atoms with Crippen molar-refractivity contribution in [2.24, 2.45) is 0 Å². The van der Waals surface area contributed by atoms with E-state index >= 15 is 0 Å². The van der Waals surface area contributed by atoms with Crippen molar-refractivity contribution in [3.63, 3.8) is 0 Å². The predicted octanol–water partition coefficient (Wildman–Crippen LogP) is 6.88. The largest absolute Gasteiger partial charge is 0.490 e. The lowest BCUT2D eigenvalue weighted by Crippen LogP contribution is -2.55. The number of pyridine rings is 2. The molecule has 0 spiro atoms. The van der Waals surface area contributed by atoms with Crippen molar-refractivity contribution >= 4 is 53.5 Å². The number of likely N-dealkylation sites (tertiary alicyclic amines) is 1. The van der Waals surface area contributed by atoms with Gasteiger partial charge in [-0.2, -0.15) is 0 Å². The Morgan fingerprint density at radius 2 is 1.28 bits per heavy atom. The summed E-state index contributed by atoms with van der Waals surface area (Å²) in [6, 6.07) is 21.9. The molecule has 3 N–H and O–H groups in total. The molecule has 15 heteroatoms. The zero-order chi connectivity index (χ0) is 37.8. The van der Waals surface area contributed by atoms with E-state index in [9.17, 15) is 14.4 Å². The lowest BCUT2D eigenvalue weighted by atomic mass is 10.1. The molecule has 12 nitrogen and oxygen atoms in total. The molecule has 4 heterocycles. The van der Waals surface area contributed by atoms with Crippen LogP contribution in [0.15, 0.2) is 85.2 Å². The van der Waals surface area contributed by atoms with E-state index in [2.05, 4.69) is 25.9 Å². The van der Waals surface area contributed by atoms with Gasteiger partial charge < -0.3 is 35.1 Å². The summed E-state index contributed by atoms with van der Waals surface area (Å²) >= 11 is 12.3. The number of nitrogens with one attached hydrogen (secondary N) is 3. The minimum atomic E-state index is -0.530. The van der Waals surface area contributed by atoms with Crippen molar-refractivity contribution < 1.29 is 28.6 Å². The predicted molar refractivity (Wildman–Crippen MR) is 210 cm³/mol. The van der Waals surface area contributed by atoms with Crippen LogP contribution in [0.25, 0.3) is 0 Å². The fourth-order valence-electron chi connectivity index (χ4n) is 5.14. The van der Waals surface area contributed by atoms with Crippen molar-refractivity contribution in [1.82, 2.24) is 30.8 Å². The normalized spacial score (nSPS) is 15.8. The highest BCUT2D eigenvalue weighted by Crippen LogP contribution is 2.25. The summed E-state index contributed by atoms with van der Waals surface area (Å²) in [6.07, 6.45) is 4.77. The van der Waals surface area contributed by atoms with Crippen LogP contribution in [0.4, 0.5) is 4.79 Å². The molecule has 0 aliphatic carbocycles. The summed E-state index contributed by atoms with van der Waals surface area (Å²) in [5, 5.41) is 9.61. The average molecular weight is 800 g/mol. The van der Waals surface area contributed by atoms with Gasteiger partial charge in [0.1, 0.15) is 40.6 Å². The molecule has 2 fully saturated rings. The van der Waals surface area contributed by atoms with Crippen LogP contribution in [0, 0.1) is 0 Å². The molecule has 2 aliphatic rings. The number of nitrogens with zero attached hydrogens (tertiary/aromatic N) is 3. The van der Waals surface area contributed by atoms with E-state index < -0.39 is 5.60 Å². The summed E-state index contributed by atoms with van der Waals surface area (Å²) in [6.45, 7) is 8.69.